The van der Waals surface area contributed by atoms with Gasteiger partial charge in [-0.25, -0.2) is 0 Å². The van der Waals surface area contributed by atoms with Crippen molar-refractivity contribution in [3.05, 3.63) is 0 Å². The maximum absolute atomic E-state index is 12.0. The number of hydrogen-bond donors (Lipinski definition) is 0. The van der Waals surface area contributed by atoms with E-state index >= 15 is 0 Å². The summed E-state index contributed by atoms with van der Waals surface area (Å²) in [5.41, 5.74) is 0. The highest BCUT2D eigenvalue weighted by molar-refractivity contribution is 5.79. The molecule has 12 heavy (non-hydrogen) atoms. The van der Waals surface area contributed by atoms with Gasteiger partial charge in [-0.2, -0.15) is 8.78 Å². The summed E-state index contributed by atoms with van der Waals surface area (Å²) in [4.78, 5) is 12.2. The molecule has 0 aromatic heterocycles. The molecule has 0 bridgehead atoms. The van der Waals surface area contributed by atoms with E-state index in [0.29, 0.717) is 12.5 Å². The third kappa shape index (κ3) is 1.73. The highest BCUT2D eigenvalue weighted by Gasteiger charge is 2.33. The minimum absolute atomic E-state index is 0.0264. The zero-order valence-electron chi connectivity index (χ0n) is 7.26. The zero-order chi connectivity index (χ0) is 9.30. The molecule has 1 amide bonds. The molecule has 1 saturated heterocycles. The number of halogens is 2. The van der Waals surface area contributed by atoms with E-state index in [2.05, 4.69) is 0 Å². The normalized spacial score (nSPS) is 29.9. The molecular formula is C8H13F2NO. The highest BCUT2D eigenvalue weighted by Crippen LogP contribution is 2.23. The monoisotopic (exact) mass is 177 g/mol. The van der Waals surface area contributed by atoms with Gasteiger partial charge in [0.2, 0.25) is 0 Å². The van der Waals surface area contributed by atoms with Gasteiger partial charge in [-0.15, -0.1) is 0 Å². The number of carbonyl (C=O) groups excluding carboxylic acids is 1. The quantitative estimate of drug-likeness (QED) is 0.594. The Balaban J connectivity index is 2.58. The molecule has 0 N–H and O–H groups in total. The van der Waals surface area contributed by atoms with Crippen LogP contribution in [-0.2, 0) is 4.79 Å². The molecule has 4 heteroatoms. The third-order valence-corrected chi connectivity index (χ3v) is 2.25. The molecule has 1 aliphatic heterocycles. The Morgan fingerprint density at radius 2 is 2.08 bits per heavy atom. The van der Waals surface area contributed by atoms with Gasteiger partial charge >= 0.3 is 6.43 Å². The summed E-state index contributed by atoms with van der Waals surface area (Å²) in [5, 5.41) is 0. The summed E-state index contributed by atoms with van der Waals surface area (Å²) in [6, 6.07) is -0.0264. The SMILES string of the molecule is CC1CC(C)N(C(=O)C(F)F)C1. The number of carbonyl (C=O) groups is 1. The Morgan fingerprint density at radius 3 is 2.42 bits per heavy atom. The lowest BCUT2D eigenvalue weighted by molar-refractivity contribution is -0.143. The fourth-order valence-corrected chi connectivity index (χ4v) is 1.73. The number of likely N-dealkylation sites (tertiary alicyclic amines) is 1. The van der Waals surface area contributed by atoms with Gasteiger partial charge < -0.3 is 4.90 Å². The average Bonchev–Trinajstić information content (AvgIpc) is 2.28. The molecule has 70 valence electrons. The first-order valence-corrected chi connectivity index (χ1v) is 4.11. The number of amides is 1. The minimum Gasteiger partial charge on any atom is -0.335 e. The van der Waals surface area contributed by atoms with Crippen LogP contribution in [0.25, 0.3) is 0 Å². The van der Waals surface area contributed by atoms with Crippen LogP contribution < -0.4 is 0 Å². The lowest BCUT2D eigenvalue weighted by Gasteiger charge is -2.20. The molecule has 0 aromatic carbocycles. The topological polar surface area (TPSA) is 20.3 Å². The second-order valence-corrected chi connectivity index (χ2v) is 3.48. The van der Waals surface area contributed by atoms with Crippen LogP contribution in [0.4, 0.5) is 8.78 Å². The summed E-state index contributed by atoms with van der Waals surface area (Å²) in [6.45, 7) is 4.25. The molecule has 0 aliphatic carbocycles. The van der Waals surface area contributed by atoms with Crippen LogP contribution in [0.5, 0.6) is 0 Å². The fraction of sp³-hybridized carbons (Fsp3) is 0.875. The second kappa shape index (κ2) is 3.37. The molecule has 0 aromatic rings. The Bertz CT molecular complexity index is 184. The molecule has 0 spiro atoms. The standard InChI is InChI=1S/C8H13F2NO/c1-5-3-6(2)11(4-5)8(12)7(9)10/h5-7H,3-4H2,1-2H3. The molecular weight excluding hydrogens is 164 g/mol. The van der Waals surface area contributed by atoms with Crippen LogP contribution in [0.2, 0.25) is 0 Å². The van der Waals surface area contributed by atoms with Crippen LogP contribution in [0, 0.1) is 5.92 Å². The van der Waals surface area contributed by atoms with Gasteiger partial charge in [0.15, 0.2) is 0 Å². The smallest absolute Gasteiger partial charge is 0.315 e. The average molecular weight is 177 g/mol. The van der Waals surface area contributed by atoms with Gasteiger partial charge in [0.1, 0.15) is 0 Å². The van der Waals surface area contributed by atoms with Crippen molar-refractivity contribution in [2.24, 2.45) is 5.92 Å². The van der Waals surface area contributed by atoms with E-state index in [-0.39, 0.29) is 6.04 Å². The summed E-state index contributed by atoms with van der Waals surface area (Å²) < 4.78 is 24.0. The molecule has 0 radical (unpaired) electrons. The van der Waals surface area contributed by atoms with E-state index in [9.17, 15) is 13.6 Å². The Labute approximate surface area is 70.5 Å². The van der Waals surface area contributed by atoms with Crippen molar-refractivity contribution in [1.82, 2.24) is 4.90 Å². The molecule has 0 saturated carbocycles. The molecule has 2 unspecified atom stereocenters. The summed E-state index contributed by atoms with van der Waals surface area (Å²) >= 11 is 0. The number of hydrogen-bond acceptors (Lipinski definition) is 1. The minimum atomic E-state index is -2.85. The van der Waals surface area contributed by atoms with Crippen molar-refractivity contribution in [1.29, 1.82) is 0 Å². The summed E-state index contributed by atoms with van der Waals surface area (Å²) in [5.74, 6) is -0.672. The van der Waals surface area contributed by atoms with Crippen molar-refractivity contribution in [3.63, 3.8) is 0 Å². The first-order valence-electron chi connectivity index (χ1n) is 4.11. The largest absolute Gasteiger partial charge is 0.335 e. The first-order chi connectivity index (χ1) is 5.52. The Hall–Kier alpha value is -0.670. The van der Waals surface area contributed by atoms with Gasteiger partial charge in [0.25, 0.3) is 5.91 Å². The van der Waals surface area contributed by atoms with E-state index in [1.165, 1.54) is 4.90 Å². The van der Waals surface area contributed by atoms with E-state index in [0.717, 1.165) is 6.42 Å². The van der Waals surface area contributed by atoms with Gasteiger partial charge in [-0.1, -0.05) is 6.92 Å². The van der Waals surface area contributed by atoms with Gasteiger partial charge in [-0.3, -0.25) is 4.79 Å². The van der Waals surface area contributed by atoms with Crippen LogP contribution in [0.3, 0.4) is 0 Å². The predicted molar refractivity (Wildman–Crippen MR) is 41.0 cm³/mol. The van der Waals surface area contributed by atoms with Crippen molar-refractivity contribution < 1.29 is 13.6 Å². The molecule has 2 nitrogen and oxygen atoms in total. The van der Waals surface area contributed by atoms with E-state index in [1.54, 1.807) is 0 Å². The van der Waals surface area contributed by atoms with Gasteiger partial charge in [-0.05, 0) is 19.3 Å². The van der Waals surface area contributed by atoms with Crippen molar-refractivity contribution in [2.75, 3.05) is 6.54 Å². The highest BCUT2D eigenvalue weighted by atomic mass is 19.3. The summed E-state index contributed by atoms with van der Waals surface area (Å²) in [7, 11) is 0. The van der Waals surface area contributed by atoms with E-state index < -0.39 is 12.3 Å². The number of nitrogens with zero attached hydrogens (tertiary/aromatic N) is 1. The molecule has 1 rings (SSSR count). The van der Waals surface area contributed by atoms with Crippen LogP contribution in [0.1, 0.15) is 20.3 Å². The first kappa shape index (κ1) is 9.42. The van der Waals surface area contributed by atoms with Crippen LogP contribution in [-0.4, -0.2) is 29.8 Å². The number of rotatable bonds is 1. The van der Waals surface area contributed by atoms with Gasteiger partial charge in [0.05, 0.1) is 0 Å². The molecule has 2 atom stereocenters. The maximum atomic E-state index is 12.0. The lowest BCUT2D eigenvalue weighted by Crippen LogP contribution is -2.38. The molecule has 1 fully saturated rings. The fourth-order valence-electron chi connectivity index (χ4n) is 1.73. The van der Waals surface area contributed by atoms with Crippen LogP contribution in [0.15, 0.2) is 0 Å². The van der Waals surface area contributed by atoms with E-state index in [1.807, 2.05) is 13.8 Å². The van der Waals surface area contributed by atoms with Crippen LogP contribution >= 0.6 is 0 Å². The third-order valence-electron chi connectivity index (χ3n) is 2.25. The van der Waals surface area contributed by atoms with Crippen molar-refractivity contribution in [2.45, 2.75) is 32.7 Å². The maximum Gasteiger partial charge on any atom is 0.315 e. The van der Waals surface area contributed by atoms with E-state index in [4.69, 9.17) is 0 Å². The van der Waals surface area contributed by atoms with Gasteiger partial charge in [0, 0.05) is 12.6 Å². The second-order valence-electron chi connectivity index (χ2n) is 3.48. The lowest BCUT2D eigenvalue weighted by atomic mass is 10.1. The molecule has 1 heterocycles. The molecule has 1 aliphatic rings. The Morgan fingerprint density at radius 1 is 1.50 bits per heavy atom. The van der Waals surface area contributed by atoms with Crippen molar-refractivity contribution in [3.8, 4) is 0 Å². The summed E-state index contributed by atoms with van der Waals surface area (Å²) in [6.07, 6.45) is -2.02. The predicted octanol–water partition coefficient (Wildman–Crippen LogP) is 1.51. The van der Waals surface area contributed by atoms with Crippen molar-refractivity contribution >= 4 is 5.91 Å². The zero-order valence-corrected chi connectivity index (χ0v) is 7.26. The number of alkyl halides is 2. The Kier molecular flexibility index (Phi) is 2.65.